The molecule has 0 bridgehead atoms. The predicted octanol–water partition coefficient (Wildman–Crippen LogP) is 3.54. The predicted molar refractivity (Wildman–Crippen MR) is 109 cm³/mol. The van der Waals surface area contributed by atoms with Gasteiger partial charge in [0.2, 0.25) is 11.8 Å². The van der Waals surface area contributed by atoms with Crippen molar-refractivity contribution in [2.45, 2.75) is 25.7 Å². The molecule has 1 aromatic carbocycles. The molecule has 1 fully saturated rings. The van der Waals surface area contributed by atoms with E-state index in [1.807, 2.05) is 36.9 Å². The highest BCUT2D eigenvalue weighted by molar-refractivity contribution is 5.87. The first-order chi connectivity index (χ1) is 13.9. The van der Waals surface area contributed by atoms with Crippen LogP contribution < -0.4 is 4.74 Å². The van der Waals surface area contributed by atoms with Crippen LogP contribution in [0.4, 0.5) is 4.39 Å². The Morgan fingerprint density at radius 3 is 2.69 bits per heavy atom. The monoisotopic (exact) mass is 398 g/mol. The van der Waals surface area contributed by atoms with E-state index in [0.29, 0.717) is 24.8 Å². The maximum absolute atomic E-state index is 13.9. The van der Waals surface area contributed by atoms with Crippen molar-refractivity contribution in [2.24, 2.45) is 0 Å². The number of likely N-dealkylation sites (N-methyl/N-ethyl adjacent to an activating group) is 1. The Morgan fingerprint density at radius 2 is 2.00 bits per heavy atom. The molecule has 3 rings (SSSR count). The first kappa shape index (κ1) is 20.9. The van der Waals surface area contributed by atoms with Crippen molar-refractivity contribution in [3.8, 4) is 11.6 Å². The molecule has 0 saturated carbocycles. The zero-order valence-corrected chi connectivity index (χ0v) is 17.1. The molecule has 1 aromatic heterocycles. The smallest absolute Gasteiger partial charge is 0.246 e. The van der Waals surface area contributed by atoms with E-state index >= 15 is 0 Å². The molecule has 7 heteroatoms. The summed E-state index contributed by atoms with van der Waals surface area (Å²) >= 11 is 0. The lowest BCUT2D eigenvalue weighted by molar-refractivity contribution is -0.127. The first-order valence-electron chi connectivity index (χ1n) is 9.80. The second kappa shape index (κ2) is 9.60. The molecule has 1 aliphatic rings. The fourth-order valence-corrected chi connectivity index (χ4v) is 3.26. The number of carbonyl (C=O) groups is 1. The third-order valence-electron chi connectivity index (χ3n) is 4.80. The molecule has 154 valence electrons. The van der Waals surface area contributed by atoms with Crippen LogP contribution >= 0.6 is 0 Å². The molecular weight excluding hydrogens is 371 g/mol. The Labute approximate surface area is 171 Å². The summed E-state index contributed by atoms with van der Waals surface area (Å²) in [6.07, 6.45) is 5.10. The number of ether oxygens (including phenoxy) is 1. The van der Waals surface area contributed by atoms with Crippen LogP contribution in [-0.4, -0.2) is 59.4 Å². The van der Waals surface area contributed by atoms with Crippen molar-refractivity contribution in [2.75, 3.05) is 33.7 Å². The van der Waals surface area contributed by atoms with Crippen molar-refractivity contribution >= 4 is 5.91 Å². The number of rotatable bonds is 6. The van der Waals surface area contributed by atoms with Gasteiger partial charge in [0.05, 0.1) is 0 Å². The summed E-state index contributed by atoms with van der Waals surface area (Å²) in [4.78, 5) is 25.2. The minimum Gasteiger partial charge on any atom is -0.436 e. The first-order valence-corrected chi connectivity index (χ1v) is 9.80. The minimum atomic E-state index is -0.431. The van der Waals surface area contributed by atoms with Gasteiger partial charge in [-0.1, -0.05) is 18.2 Å². The number of aromatic nitrogens is 2. The van der Waals surface area contributed by atoms with Gasteiger partial charge < -0.3 is 14.5 Å². The summed E-state index contributed by atoms with van der Waals surface area (Å²) in [5.41, 5.74) is 0.770. The summed E-state index contributed by atoms with van der Waals surface area (Å²) in [5, 5.41) is 0. The number of hydrogen-bond acceptors (Lipinski definition) is 5. The molecule has 0 aliphatic carbocycles. The fourth-order valence-electron chi connectivity index (χ4n) is 3.26. The summed E-state index contributed by atoms with van der Waals surface area (Å²) in [6.45, 7) is 3.94. The number of piperidine rings is 1. The Morgan fingerprint density at radius 1 is 1.28 bits per heavy atom. The summed E-state index contributed by atoms with van der Waals surface area (Å²) in [7, 11) is 3.93. The Balaban J connectivity index is 1.63. The average molecular weight is 398 g/mol. The van der Waals surface area contributed by atoms with Crippen molar-refractivity contribution in [1.29, 1.82) is 0 Å². The number of benzene rings is 1. The van der Waals surface area contributed by atoms with Crippen LogP contribution in [0.3, 0.4) is 0 Å². The molecule has 2 aromatic rings. The van der Waals surface area contributed by atoms with Crippen molar-refractivity contribution in [1.82, 2.24) is 19.8 Å². The van der Waals surface area contributed by atoms with Gasteiger partial charge in [0, 0.05) is 43.4 Å². The highest BCUT2D eigenvalue weighted by Gasteiger charge is 2.25. The van der Waals surface area contributed by atoms with E-state index in [4.69, 9.17) is 4.74 Å². The van der Waals surface area contributed by atoms with E-state index in [1.54, 1.807) is 30.3 Å². The maximum atomic E-state index is 13.9. The molecule has 2 heterocycles. The molecule has 29 heavy (non-hydrogen) atoms. The molecule has 1 saturated heterocycles. The standard InChI is InChI=1S/C22H27FN4O2/c1-16-15-20(29-19-8-5-4-7-18(19)23)25-22(24-16)17-10-13-27(14-11-17)21(28)9-6-12-26(2)3/h4-9,15,17H,10-14H2,1-3H3/b9-6+. The van der Waals surface area contributed by atoms with E-state index in [0.717, 1.165) is 25.1 Å². The van der Waals surface area contributed by atoms with Crippen LogP contribution in [0.1, 0.15) is 30.3 Å². The second-order valence-corrected chi connectivity index (χ2v) is 7.50. The normalized spacial score (nSPS) is 15.3. The number of aryl methyl sites for hydroxylation is 1. The van der Waals surface area contributed by atoms with Gasteiger partial charge in [-0.05, 0) is 46.0 Å². The van der Waals surface area contributed by atoms with E-state index in [2.05, 4.69) is 9.97 Å². The highest BCUT2D eigenvalue weighted by Crippen LogP contribution is 2.29. The number of carbonyl (C=O) groups excluding carboxylic acids is 1. The number of amides is 1. The van der Waals surface area contributed by atoms with Crippen LogP contribution in [0, 0.1) is 12.7 Å². The Bertz CT molecular complexity index is 877. The van der Waals surface area contributed by atoms with Gasteiger partial charge >= 0.3 is 0 Å². The van der Waals surface area contributed by atoms with Gasteiger partial charge in [0.15, 0.2) is 11.6 Å². The second-order valence-electron chi connectivity index (χ2n) is 7.50. The van der Waals surface area contributed by atoms with Crippen molar-refractivity contribution in [3.05, 3.63) is 59.8 Å². The number of para-hydroxylation sites is 1. The van der Waals surface area contributed by atoms with Crippen molar-refractivity contribution in [3.63, 3.8) is 0 Å². The lowest BCUT2D eigenvalue weighted by atomic mass is 9.95. The minimum absolute atomic E-state index is 0.0408. The molecule has 1 aliphatic heterocycles. The molecule has 1 amide bonds. The topological polar surface area (TPSA) is 58.6 Å². The zero-order chi connectivity index (χ0) is 20.8. The van der Waals surface area contributed by atoms with Crippen LogP contribution in [0.25, 0.3) is 0 Å². The van der Waals surface area contributed by atoms with E-state index < -0.39 is 5.82 Å². The molecule has 0 radical (unpaired) electrons. The van der Waals surface area contributed by atoms with Crippen LogP contribution in [0.5, 0.6) is 11.6 Å². The van der Waals surface area contributed by atoms with Gasteiger partial charge in [-0.2, -0.15) is 4.98 Å². The molecule has 6 nitrogen and oxygen atoms in total. The summed E-state index contributed by atoms with van der Waals surface area (Å²) in [6, 6.07) is 7.95. The van der Waals surface area contributed by atoms with Crippen LogP contribution in [0.2, 0.25) is 0 Å². The largest absolute Gasteiger partial charge is 0.436 e. The fraction of sp³-hybridized carbons (Fsp3) is 0.409. The van der Waals surface area contributed by atoms with Crippen LogP contribution in [0.15, 0.2) is 42.5 Å². The van der Waals surface area contributed by atoms with Gasteiger partial charge in [0.1, 0.15) is 5.82 Å². The van der Waals surface area contributed by atoms with E-state index in [1.165, 1.54) is 6.07 Å². The lowest BCUT2D eigenvalue weighted by Crippen LogP contribution is -2.37. The quantitative estimate of drug-likeness (QED) is 0.697. The van der Waals surface area contributed by atoms with Crippen molar-refractivity contribution < 1.29 is 13.9 Å². The van der Waals surface area contributed by atoms with Crippen LogP contribution in [-0.2, 0) is 4.79 Å². The highest BCUT2D eigenvalue weighted by atomic mass is 19.1. The number of halogens is 1. The number of nitrogens with zero attached hydrogens (tertiary/aromatic N) is 4. The lowest BCUT2D eigenvalue weighted by Gasteiger charge is -2.30. The zero-order valence-electron chi connectivity index (χ0n) is 17.1. The van der Waals surface area contributed by atoms with Gasteiger partial charge in [-0.25, -0.2) is 9.37 Å². The summed E-state index contributed by atoms with van der Waals surface area (Å²) < 4.78 is 19.5. The molecule has 0 atom stereocenters. The third-order valence-corrected chi connectivity index (χ3v) is 4.80. The number of hydrogen-bond donors (Lipinski definition) is 0. The SMILES string of the molecule is Cc1cc(Oc2ccccc2F)nc(C2CCN(C(=O)/C=C/CN(C)C)CC2)n1. The van der Waals surface area contributed by atoms with E-state index in [-0.39, 0.29) is 17.6 Å². The average Bonchev–Trinajstić information content (AvgIpc) is 2.69. The number of likely N-dealkylation sites (tertiary alicyclic amines) is 1. The van der Waals surface area contributed by atoms with Gasteiger partial charge in [-0.15, -0.1) is 0 Å². The van der Waals surface area contributed by atoms with E-state index in [9.17, 15) is 9.18 Å². The molecule has 0 N–H and O–H groups in total. The summed E-state index contributed by atoms with van der Waals surface area (Å²) in [5.74, 6) is 0.918. The third kappa shape index (κ3) is 5.84. The van der Waals surface area contributed by atoms with Gasteiger partial charge in [0.25, 0.3) is 0 Å². The maximum Gasteiger partial charge on any atom is 0.246 e. The Hall–Kier alpha value is -2.80. The molecular formula is C22H27FN4O2. The molecule has 0 spiro atoms. The Kier molecular flexibility index (Phi) is 6.93. The molecule has 0 unspecified atom stereocenters. The van der Waals surface area contributed by atoms with Gasteiger partial charge in [-0.3, -0.25) is 4.79 Å².